The van der Waals surface area contributed by atoms with Gasteiger partial charge in [-0.1, -0.05) is 13.8 Å². The van der Waals surface area contributed by atoms with E-state index in [1.165, 1.54) is 4.90 Å². The van der Waals surface area contributed by atoms with Crippen LogP contribution in [0.5, 0.6) is 0 Å². The number of hydrogen-bond donors (Lipinski definition) is 1. The van der Waals surface area contributed by atoms with Gasteiger partial charge in [0.1, 0.15) is 6.04 Å². The Morgan fingerprint density at radius 3 is 2.48 bits per heavy atom. The third-order valence-electron chi connectivity index (χ3n) is 5.01. The fraction of sp³-hybridized carbons (Fsp3) is 0.824. The number of carboxylic acid groups (broad SMARTS) is 1. The SMILES string of the molecule is CC(C)C[C@H](C(=O)O)N1C[C@@H]2O[C@@H](C(=O)N3CCCCC3)[C@@H](O2)C1=O. The number of carbonyl (C=O) groups excluding carboxylic acids is 2. The van der Waals surface area contributed by atoms with Gasteiger partial charge in [0.2, 0.25) is 0 Å². The molecule has 8 heteroatoms. The van der Waals surface area contributed by atoms with E-state index in [4.69, 9.17) is 9.47 Å². The topological polar surface area (TPSA) is 96.4 Å². The summed E-state index contributed by atoms with van der Waals surface area (Å²) in [5.74, 6) is -1.60. The second-order valence-electron chi connectivity index (χ2n) is 7.40. The van der Waals surface area contributed by atoms with E-state index in [1.807, 2.05) is 13.8 Å². The van der Waals surface area contributed by atoms with Crippen LogP contribution in [0.2, 0.25) is 0 Å². The average Bonchev–Trinajstić information content (AvgIpc) is 2.95. The number of carboxylic acids is 1. The number of carbonyl (C=O) groups is 3. The van der Waals surface area contributed by atoms with Gasteiger partial charge in [0, 0.05) is 13.1 Å². The lowest BCUT2D eigenvalue weighted by Crippen LogP contribution is -2.57. The van der Waals surface area contributed by atoms with Gasteiger partial charge in [0.05, 0.1) is 6.54 Å². The molecule has 2 amide bonds. The summed E-state index contributed by atoms with van der Waals surface area (Å²) in [5, 5.41) is 9.51. The highest BCUT2D eigenvalue weighted by atomic mass is 16.7. The molecule has 0 unspecified atom stereocenters. The molecule has 3 aliphatic heterocycles. The highest BCUT2D eigenvalue weighted by Gasteiger charge is 2.54. The van der Waals surface area contributed by atoms with Crippen LogP contribution in [0.1, 0.15) is 39.5 Å². The normalized spacial score (nSPS) is 30.7. The van der Waals surface area contributed by atoms with Crippen molar-refractivity contribution in [1.29, 1.82) is 0 Å². The second kappa shape index (κ2) is 7.29. The fourth-order valence-corrected chi connectivity index (χ4v) is 3.76. The van der Waals surface area contributed by atoms with Crippen molar-refractivity contribution >= 4 is 17.8 Å². The van der Waals surface area contributed by atoms with Crippen molar-refractivity contribution in [2.24, 2.45) is 5.92 Å². The number of aliphatic carboxylic acids is 1. The molecule has 25 heavy (non-hydrogen) atoms. The third-order valence-corrected chi connectivity index (χ3v) is 5.01. The molecule has 3 saturated heterocycles. The molecule has 8 nitrogen and oxygen atoms in total. The number of ether oxygens (including phenoxy) is 2. The van der Waals surface area contributed by atoms with Crippen LogP contribution in [0.4, 0.5) is 0 Å². The minimum atomic E-state index is -1.04. The Kier molecular flexibility index (Phi) is 5.29. The number of nitrogens with zero attached hydrogens (tertiary/aromatic N) is 2. The molecule has 0 radical (unpaired) electrons. The maximum absolute atomic E-state index is 12.8. The zero-order valence-electron chi connectivity index (χ0n) is 14.7. The predicted octanol–water partition coefficient (Wildman–Crippen LogP) is 0.451. The summed E-state index contributed by atoms with van der Waals surface area (Å²) < 4.78 is 11.2. The molecule has 2 bridgehead atoms. The van der Waals surface area contributed by atoms with Crippen molar-refractivity contribution in [2.75, 3.05) is 19.6 Å². The monoisotopic (exact) mass is 354 g/mol. The summed E-state index contributed by atoms with van der Waals surface area (Å²) in [6.07, 6.45) is 0.601. The average molecular weight is 354 g/mol. The summed E-state index contributed by atoms with van der Waals surface area (Å²) in [7, 11) is 0. The largest absolute Gasteiger partial charge is 0.480 e. The maximum atomic E-state index is 12.8. The van der Waals surface area contributed by atoms with Crippen molar-refractivity contribution in [3.05, 3.63) is 0 Å². The minimum Gasteiger partial charge on any atom is -0.480 e. The Labute approximate surface area is 147 Å². The van der Waals surface area contributed by atoms with E-state index in [2.05, 4.69) is 0 Å². The highest BCUT2D eigenvalue weighted by Crippen LogP contribution is 2.31. The summed E-state index contributed by atoms with van der Waals surface area (Å²) in [6, 6.07) is -0.922. The van der Waals surface area contributed by atoms with Crippen LogP contribution in [0.3, 0.4) is 0 Å². The number of morpholine rings is 1. The van der Waals surface area contributed by atoms with Crippen LogP contribution in [0.15, 0.2) is 0 Å². The molecule has 3 fully saturated rings. The van der Waals surface area contributed by atoms with E-state index in [-0.39, 0.29) is 18.4 Å². The van der Waals surface area contributed by atoms with E-state index in [0.29, 0.717) is 19.5 Å². The summed E-state index contributed by atoms with van der Waals surface area (Å²) in [6.45, 7) is 5.20. The first kappa shape index (κ1) is 18.1. The number of fused-ring (bicyclic) bond motifs is 2. The van der Waals surface area contributed by atoms with Crippen LogP contribution in [0.25, 0.3) is 0 Å². The van der Waals surface area contributed by atoms with Crippen molar-refractivity contribution in [3.8, 4) is 0 Å². The lowest BCUT2D eigenvalue weighted by atomic mass is 10.0. The van der Waals surface area contributed by atoms with Gasteiger partial charge in [-0.2, -0.15) is 0 Å². The standard InChI is InChI=1S/C17H26N2O6/c1-10(2)8-11(17(22)23)19-9-12-24-13(14(25-12)16(19)21)15(20)18-6-4-3-5-7-18/h10-14H,3-9H2,1-2H3,(H,22,23)/t11-,12-,13-,14-/m1/s1. The zero-order chi connectivity index (χ0) is 18.1. The van der Waals surface area contributed by atoms with E-state index in [9.17, 15) is 19.5 Å². The lowest BCUT2D eigenvalue weighted by molar-refractivity contribution is -0.173. The molecule has 0 spiro atoms. The molecule has 0 aromatic carbocycles. The van der Waals surface area contributed by atoms with Gasteiger partial charge >= 0.3 is 5.97 Å². The van der Waals surface area contributed by atoms with E-state index in [0.717, 1.165) is 19.3 Å². The molecule has 0 aromatic rings. The van der Waals surface area contributed by atoms with Gasteiger partial charge in [0.15, 0.2) is 18.5 Å². The zero-order valence-corrected chi connectivity index (χ0v) is 14.7. The van der Waals surface area contributed by atoms with Crippen molar-refractivity contribution in [1.82, 2.24) is 9.80 Å². The van der Waals surface area contributed by atoms with Crippen molar-refractivity contribution in [3.63, 3.8) is 0 Å². The Balaban J connectivity index is 1.74. The lowest BCUT2D eigenvalue weighted by Gasteiger charge is -2.35. The molecule has 3 rings (SSSR count). The Hall–Kier alpha value is -1.67. The van der Waals surface area contributed by atoms with Crippen LogP contribution in [-0.4, -0.2) is 76.9 Å². The van der Waals surface area contributed by atoms with Gasteiger partial charge < -0.3 is 24.4 Å². The number of hydrogen-bond acceptors (Lipinski definition) is 5. The second-order valence-corrected chi connectivity index (χ2v) is 7.40. The molecular weight excluding hydrogens is 328 g/mol. The van der Waals surface area contributed by atoms with Crippen molar-refractivity contribution < 1.29 is 29.0 Å². The van der Waals surface area contributed by atoms with Gasteiger partial charge in [0.25, 0.3) is 11.8 Å². The smallest absolute Gasteiger partial charge is 0.326 e. The molecule has 3 aliphatic rings. The Bertz CT molecular complexity index is 545. The molecule has 0 aliphatic carbocycles. The number of likely N-dealkylation sites (tertiary alicyclic amines) is 1. The molecule has 140 valence electrons. The number of amides is 2. The van der Waals surface area contributed by atoms with Crippen molar-refractivity contribution in [2.45, 2.75) is 64.1 Å². The molecule has 0 aromatic heterocycles. The van der Waals surface area contributed by atoms with E-state index < -0.39 is 36.4 Å². The first-order valence-electron chi connectivity index (χ1n) is 9.01. The molecular formula is C17H26N2O6. The first-order chi connectivity index (χ1) is 11.9. The van der Waals surface area contributed by atoms with Gasteiger partial charge in [-0.25, -0.2) is 4.79 Å². The fourth-order valence-electron chi connectivity index (χ4n) is 3.76. The van der Waals surface area contributed by atoms with Gasteiger partial charge in [-0.05, 0) is 31.6 Å². The summed E-state index contributed by atoms with van der Waals surface area (Å²) in [5.41, 5.74) is 0. The third kappa shape index (κ3) is 3.64. The molecule has 4 atom stereocenters. The van der Waals surface area contributed by atoms with Gasteiger partial charge in [-0.15, -0.1) is 0 Å². The van der Waals surface area contributed by atoms with Crippen LogP contribution in [0, 0.1) is 5.92 Å². The minimum absolute atomic E-state index is 0.0444. The molecule has 3 heterocycles. The highest BCUT2D eigenvalue weighted by molar-refractivity contribution is 5.94. The van der Waals surface area contributed by atoms with Crippen LogP contribution < -0.4 is 0 Å². The number of piperidine rings is 1. The van der Waals surface area contributed by atoms with Crippen LogP contribution in [-0.2, 0) is 23.9 Å². The molecule has 1 N–H and O–H groups in total. The first-order valence-corrected chi connectivity index (χ1v) is 9.01. The maximum Gasteiger partial charge on any atom is 0.326 e. The van der Waals surface area contributed by atoms with E-state index >= 15 is 0 Å². The molecule has 0 saturated carbocycles. The predicted molar refractivity (Wildman–Crippen MR) is 86.6 cm³/mol. The van der Waals surface area contributed by atoms with Gasteiger partial charge in [-0.3, -0.25) is 9.59 Å². The van der Waals surface area contributed by atoms with Crippen LogP contribution >= 0.6 is 0 Å². The number of rotatable bonds is 5. The summed E-state index contributed by atoms with van der Waals surface area (Å²) in [4.78, 5) is 40.2. The Morgan fingerprint density at radius 2 is 1.88 bits per heavy atom. The Morgan fingerprint density at radius 1 is 1.20 bits per heavy atom. The summed E-state index contributed by atoms with van der Waals surface area (Å²) >= 11 is 0. The van der Waals surface area contributed by atoms with E-state index in [1.54, 1.807) is 4.90 Å². The quantitative estimate of drug-likeness (QED) is 0.770.